The van der Waals surface area contributed by atoms with E-state index in [1.165, 1.54) is 6.07 Å². The Kier molecular flexibility index (Phi) is 3.86. The van der Waals surface area contributed by atoms with Crippen LogP contribution in [0.25, 0.3) is 11.1 Å². The average molecular weight is 262 g/mol. The first kappa shape index (κ1) is 13.2. The zero-order valence-corrected chi connectivity index (χ0v) is 10.7. The van der Waals surface area contributed by atoms with E-state index in [-0.39, 0.29) is 5.69 Å². The second-order valence-corrected chi connectivity index (χ2v) is 4.07. The molecule has 0 bridgehead atoms. The van der Waals surface area contributed by atoms with Gasteiger partial charge in [0, 0.05) is 36.7 Å². The van der Waals surface area contributed by atoms with Gasteiger partial charge in [-0.25, -0.2) is 0 Å². The van der Waals surface area contributed by atoms with Crippen LogP contribution >= 0.6 is 0 Å². The number of rotatable bonds is 5. The molecule has 0 aliphatic carbocycles. The van der Waals surface area contributed by atoms with Crippen molar-refractivity contribution in [3.63, 3.8) is 0 Å². The van der Waals surface area contributed by atoms with Gasteiger partial charge < -0.3 is 4.74 Å². The predicted molar refractivity (Wildman–Crippen MR) is 68.7 cm³/mol. The van der Waals surface area contributed by atoms with Crippen LogP contribution in [0.3, 0.4) is 0 Å². The Balaban J connectivity index is 2.29. The molecule has 19 heavy (non-hydrogen) atoms. The smallest absolute Gasteiger partial charge is 0.291 e. The van der Waals surface area contributed by atoms with Gasteiger partial charge in [-0.2, -0.15) is 5.10 Å². The van der Waals surface area contributed by atoms with Crippen LogP contribution < -0.4 is 0 Å². The zero-order valence-electron chi connectivity index (χ0n) is 10.7. The predicted octanol–water partition coefficient (Wildman–Crippen LogP) is 1.81. The summed E-state index contributed by atoms with van der Waals surface area (Å²) in [6.07, 6.45) is 5.08. The first-order valence-corrected chi connectivity index (χ1v) is 5.74. The molecule has 2 heterocycles. The second-order valence-electron chi connectivity index (χ2n) is 4.07. The van der Waals surface area contributed by atoms with Crippen molar-refractivity contribution < 1.29 is 9.66 Å². The number of nitro groups is 1. The molecule has 0 atom stereocenters. The quantitative estimate of drug-likeness (QED) is 0.606. The molecule has 7 heteroatoms. The van der Waals surface area contributed by atoms with Gasteiger partial charge in [0.25, 0.3) is 5.69 Å². The highest BCUT2D eigenvalue weighted by Crippen LogP contribution is 2.24. The second kappa shape index (κ2) is 5.57. The third kappa shape index (κ3) is 2.94. The van der Waals surface area contributed by atoms with Crippen LogP contribution in [0.5, 0.6) is 0 Å². The Bertz CT molecular complexity index is 594. The topological polar surface area (TPSA) is 83.1 Å². The molecule has 0 spiro atoms. The lowest BCUT2D eigenvalue weighted by atomic mass is 10.1. The Hall–Kier alpha value is -2.28. The fourth-order valence-electron chi connectivity index (χ4n) is 1.68. The fraction of sp³-hybridized carbons (Fsp3) is 0.333. The minimum atomic E-state index is -0.429. The third-order valence-corrected chi connectivity index (χ3v) is 2.75. The van der Waals surface area contributed by atoms with Gasteiger partial charge in [0.1, 0.15) is 5.69 Å². The van der Waals surface area contributed by atoms with E-state index in [0.717, 1.165) is 5.56 Å². The van der Waals surface area contributed by atoms with Gasteiger partial charge in [0.15, 0.2) is 0 Å². The van der Waals surface area contributed by atoms with Crippen LogP contribution in [0.2, 0.25) is 0 Å². The van der Waals surface area contributed by atoms with Gasteiger partial charge in [0.2, 0.25) is 0 Å². The maximum absolute atomic E-state index is 10.9. The number of ether oxygens (including phenoxy) is 1. The van der Waals surface area contributed by atoms with Crippen molar-refractivity contribution in [2.24, 2.45) is 0 Å². The SMILES string of the molecule is COCCn1cc(-c2cnc(C)c([N+](=O)[O-])c2)cn1. The third-order valence-electron chi connectivity index (χ3n) is 2.75. The summed E-state index contributed by atoms with van der Waals surface area (Å²) in [4.78, 5) is 14.5. The molecule has 2 aromatic rings. The lowest BCUT2D eigenvalue weighted by molar-refractivity contribution is -0.385. The number of aromatic nitrogens is 3. The van der Waals surface area contributed by atoms with Crippen molar-refractivity contribution in [3.8, 4) is 11.1 Å². The number of aryl methyl sites for hydroxylation is 1. The van der Waals surface area contributed by atoms with E-state index in [0.29, 0.717) is 24.4 Å². The minimum absolute atomic E-state index is 0.0159. The number of methoxy groups -OCH3 is 1. The van der Waals surface area contributed by atoms with Gasteiger partial charge >= 0.3 is 0 Å². The molecule has 0 saturated heterocycles. The van der Waals surface area contributed by atoms with Crippen molar-refractivity contribution in [2.75, 3.05) is 13.7 Å². The van der Waals surface area contributed by atoms with Crippen molar-refractivity contribution in [3.05, 3.63) is 40.5 Å². The van der Waals surface area contributed by atoms with E-state index >= 15 is 0 Å². The van der Waals surface area contributed by atoms with Crippen LogP contribution in [0, 0.1) is 17.0 Å². The molecule has 0 aliphatic rings. The molecule has 7 nitrogen and oxygen atoms in total. The Morgan fingerprint density at radius 3 is 2.89 bits per heavy atom. The van der Waals surface area contributed by atoms with E-state index in [1.54, 1.807) is 31.1 Å². The molecular weight excluding hydrogens is 248 g/mol. The van der Waals surface area contributed by atoms with E-state index in [4.69, 9.17) is 4.74 Å². The van der Waals surface area contributed by atoms with Gasteiger partial charge in [-0.1, -0.05) is 0 Å². The summed E-state index contributed by atoms with van der Waals surface area (Å²) in [6, 6.07) is 1.51. The lowest BCUT2D eigenvalue weighted by Crippen LogP contribution is -2.03. The highest BCUT2D eigenvalue weighted by atomic mass is 16.6. The van der Waals surface area contributed by atoms with Crippen LogP contribution in [-0.4, -0.2) is 33.4 Å². The molecule has 0 radical (unpaired) electrons. The normalized spacial score (nSPS) is 10.6. The van der Waals surface area contributed by atoms with Crippen LogP contribution in [0.15, 0.2) is 24.7 Å². The number of hydrogen-bond donors (Lipinski definition) is 0. The summed E-state index contributed by atoms with van der Waals surface area (Å²) in [5, 5.41) is 15.0. The van der Waals surface area contributed by atoms with Crippen LogP contribution in [0.1, 0.15) is 5.69 Å². The average Bonchev–Trinajstić information content (AvgIpc) is 2.85. The summed E-state index contributed by atoms with van der Waals surface area (Å²) in [5.41, 5.74) is 1.90. The Morgan fingerprint density at radius 2 is 2.21 bits per heavy atom. The van der Waals surface area contributed by atoms with Crippen LogP contribution in [0.4, 0.5) is 5.69 Å². The van der Waals surface area contributed by atoms with Gasteiger partial charge in [-0.3, -0.25) is 19.8 Å². The fourth-order valence-corrected chi connectivity index (χ4v) is 1.68. The number of hydrogen-bond acceptors (Lipinski definition) is 5. The maximum atomic E-state index is 10.9. The first-order valence-electron chi connectivity index (χ1n) is 5.74. The standard InChI is InChI=1S/C12H14N4O3/c1-9-12(16(17)18)5-10(6-13-9)11-7-14-15(8-11)3-4-19-2/h5-8H,3-4H2,1-2H3. The zero-order chi connectivity index (χ0) is 13.8. The summed E-state index contributed by atoms with van der Waals surface area (Å²) in [7, 11) is 1.62. The van der Waals surface area contributed by atoms with Gasteiger partial charge in [-0.15, -0.1) is 0 Å². The largest absolute Gasteiger partial charge is 0.383 e. The molecule has 2 aromatic heterocycles. The van der Waals surface area contributed by atoms with Crippen molar-refractivity contribution in [1.29, 1.82) is 0 Å². The molecular formula is C12H14N4O3. The van der Waals surface area contributed by atoms with E-state index < -0.39 is 4.92 Å². The molecule has 0 aliphatic heterocycles. The van der Waals surface area contributed by atoms with Gasteiger partial charge in [-0.05, 0) is 6.92 Å². The van der Waals surface area contributed by atoms with E-state index in [1.807, 2.05) is 6.20 Å². The summed E-state index contributed by atoms with van der Waals surface area (Å²) in [6.45, 7) is 2.81. The molecule has 2 rings (SSSR count). The van der Waals surface area contributed by atoms with Gasteiger partial charge in [0.05, 0.1) is 24.3 Å². The van der Waals surface area contributed by atoms with Crippen molar-refractivity contribution in [2.45, 2.75) is 13.5 Å². The highest BCUT2D eigenvalue weighted by Gasteiger charge is 2.14. The molecule has 0 amide bonds. The minimum Gasteiger partial charge on any atom is -0.383 e. The maximum Gasteiger partial charge on any atom is 0.291 e. The molecule has 100 valence electrons. The monoisotopic (exact) mass is 262 g/mol. The van der Waals surface area contributed by atoms with Crippen molar-refractivity contribution in [1.82, 2.24) is 14.8 Å². The molecule has 0 unspecified atom stereocenters. The summed E-state index contributed by atoms with van der Waals surface area (Å²) >= 11 is 0. The molecule has 0 fully saturated rings. The molecule has 0 saturated carbocycles. The molecule has 0 aromatic carbocycles. The molecule has 0 N–H and O–H groups in total. The first-order chi connectivity index (χ1) is 9.11. The number of pyridine rings is 1. The number of nitrogens with zero attached hydrogens (tertiary/aromatic N) is 4. The highest BCUT2D eigenvalue weighted by molar-refractivity contribution is 5.64. The van der Waals surface area contributed by atoms with Crippen LogP contribution in [-0.2, 0) is 11.3 Å². The van der Waals surface area contributed by atoms with E-state index in [2.05, 4.69) is 10.1 Å². The lowest BCUT2D eigenvalue weighted by Gasteiger charge is -2.00. The summed E-state index contributed by atoms with van der Waals surface area (Å²) < 4.78 is 6.69. The Morgan fingerprint density at radius 1 is 1.42 bits per heavy atom. The Labute approximate surface area is 110 Å². The van der Waals surface area contributed by atoms with Crippen molar-refractivity contribution >= 4 is 5.69 Å². The van der Waals surface area contributed by atoms with E-state index in [9.17, 15) is 10.1 Å². The summed E-state index contributed by atoms with van der Waals surface area (Å²) in [5.74, 6) is 0.